The monoisotopic (exact) mass is 792 g/mol. The predicted molar refractivity (Wildman–Crippen MR) is 187 cm³/mol. The van der Waals surface area contributed by atoms with Crippen molar-refractivity contribution in [1.29, 1.82) is 0 Å². The van der Waals surface area contributed by atoms with Crippen molar-refractivity contribution < 1.29 is 25.8 Å². The van der Waals surface area contributed by atoms with Gasteiger partial charge in [-0.15, -0.1) is 41.2 Å². The SMILES string of the molecule is CC(C)(C)c1ccnc(-c2[c-]c(Oc3[c-]c4c(cc3)c3cc5sc6ccccc6c5cc3n3c5ccccc5nc43)ccc2)c1.[Pt+2]. The fourth-order valence-electron chi connectivity index (χ4n) is 6.35. The first-order valence-corrected chi connectivity index (χ1v) is 15.9. The van der Waals surface area contributed by atoms with E-state index < -0.39 is 0 Å². The van der Waals surface area contributed by atoms with Gasteiger partial charge in [-0.1, -0.05) is 86.1 Å². The summed E-state index contributed by atoms with van der Waals surface area (Å²) >= 11 is 1.83. The summed E-state index contributed by atoms with van der Waals surface area (Å²) in [6, 6.07) is 42.9. The molecule has 0 bridgehead atoms. The van der Waals surface area contributed by atoms with Crippen LogP contribution < -0.4 is 4.74 Å². The maximum Gasteiger partial charge on any atom is 2.00 e. The summed E-state index contributed by atoms with van der Waals surface area (Å²) in [5.41, 5.74) is 7.05. The Labute approximate surface area is 284 Å². The molecule has 0 saturated heterocycles. The van der Waals surface area contributed by atoms with Crippen molar-refractivity contribution in [2.24, 2.45) is 0 Å². The largest absolute Gasteiger partial charge is 2.00 e. The van der Waals surface area contributed by atoms with Gasteiger partial charge in [0.1, 0.15) is 0 Å². The molecule has 9 aromatic rings. The van der Waals surface area contributed by atoms with E-state index in [0.29, 0.717) is 11.5 Å². The van der Waals surface area contributed by atoms with Crippen molar-refractivity contribution in [3.63, 3.8) is 0 Å². The van der Waals surface area contributed by atoms with Crippen LogP contribution >= 0.6 is 11.3 Å². The van der Waals surface area contributed by atoms with E-state index in [-0.39, 0.29) is 26.5 Å². The molecule has 0 fully saturated rings. The van der Waals surface area contributed by atoms with Crippen molar-refractivity contribution in [3.8, 4) is 22.8 Å². The van der Waals surface area contributed by atoms with Gasteiger partial charge in [-0.05, 0) is 58.5 Å². The summed E-state index contributed by atoms with van der Waals surface area (Å²) in [6.45, 7) is 6.62. The van der Waals surface area contributed by atoms with Crippen molar-refractivity contribution in [2.75, 3.05) is 0 Å². The Morgan fingerprint density at radius 2 is 1.52 bits per heavy atom. The summed E-state index contributed by atoms with van der Waals surface area (Å²) < 4.78 is 11.3. The molecule has 224 valence electrons. The third-order valence-corrected chi connectivity index (χ3v) is 9.75. The Bertz CT molecular complexity index is 2630. The molecule has 46 heavy (non-hydrogen) atoms. The van der Waals surface area contributed by atoms with Crippen LogP contribution in [0.15, 0.2) is 109 Å². The van der Waals surface area contributed by atoms with Gasteiger partial charge in [-0.25, -0.2) is 0 Å². The molecular weight excluding hydrogens is 766 g/mol. The zero-order chi connectivity index (χ0) is 30.3. The van der Waals surface area contributed by atoms with Crippen molar-refractivity contribution in [1.82, 2.24) is 14.4 Å². The molecule has 0 saturated carbocycles. The molecule has 4 nitrogen and oxygen atoms in total. The fourth-order valence-corrected chi connectivity index (χ4v) is 7.48. The van der Waals surface area contributed by atoms with Crippen molar-refractivity contribution in [3.05, 3.63) is 127 Å². The second kappa shape index (κ2) is 10.8. The molecule has 4 heterocycles. The van der Waals surface area contributed by atoms with Crippen LogP contribution in [0, 0.1) is 12.1 Å². The van der Waals surface area contributed by atoms with Crippen molar-refractivity contribution >= 4 is 69.9 Å². The van der Waals surface area contributed by atoms with E-state index in [4.69, 9.17) is 9.72 Å². The predicted octanol–water partition coefficient (Wildman–Crippen LogP) is 10.9. The smallest absolute Gasteiger partial charge is 0.497 e. The van der Waals surface area contributed by atoms with E-state index >= 15 is 0 Å². The number of hydrogen-bond acceptors (Lipinski definition) is 4. The Morgan fingerprint density at radius 1 is 0.696 bits per heavy atom. The Kier molecular flexibility index (Phi) is 6.75. The molecule has 0 aliphatic rings. The van der Waals surface area contributed by atoms with Gasteiger partial charge in [0, 0.05) is 43.4 Å². The van der Waals surface area contributed by atoms with Crippen LogP contribution in [0.2, 0.25) is 0 Å². The first-order valence-electron chi connectivity index (χ1n) is 15.1. The zero-order valence-corrected chi connectivity index (χ0v) is 28.5. The third kappa shape index (κ3) is 4.61. The van der Waals surface area contributed by atoms with Crippen molar-refractivity contribution in [2.45, 2.75) is 26.2 Å². The average molecular weight is 793 g/mol. The second-order valence-corrected chi connectivity index (χ2v) is 13.6. The molecule has 0 atom stereocenters. The van der Waals surface area contributed by atoms with Gasteiger partial charge in [0.05, 0.1) is 16.7 Å². The Balaban J connectivity index is 0.00000312. The van der Waals surface area contributed by atoms with Gasteiger partial charge in [0.2, 0.25) is 0 Å². The number of imidazole rings is 1. The van der Waals surface area contributed by atoms with Crippen LogP contribution in [-0.2, 0) is 26.5 Å². The van der Waals surface area contributed by atoms with E-state index in [1.807, 2.05) is 47.9 Å². The van der Waals surface area contributed by atoms with Crippen LogP contribution in [0.1, 0.15) is 26.3 Å². The van der Waals surface area contributed by atoms with Crippen LogP contribution in [0.3, 0.4) is 0 Å². The fraction of sp³-hybridized carbons (Fsp3) is 0.100. The average Bonchev–Trinajstić information content (AvgIpc) is 3.62. The molecule has 0 radical (unpaired) electrons. The number of ether oxygens (including phenoxy) is 1. The third-order valence-electron chi connectivity index (χ3n) is 8.62. The standard InChI is InChI=1S/C40H27N3OS.Pt/c1-40(2,3)25-17-18-41-34(20-25)24-9-8-10-26(19-24)44-27-15-16-28-30-23-38-31(29-11-4-7-14-37(29)45-38)22-36(30)43-35-13-6-5-12-33(35)42-39(43)32(28)21-27;/h4-18,20,22-23H,1-3H3;/q-2;+2. The van der Waals surface area contributed by atoms with E-state index in [0.717, 1.165) is 44.2 Å². The van der Waals surface area contributed by atoms with Crippen LogP contribution in [-0.4, -0.2) is 14.4 Å². The van der Waals surface area contributed by atoms with E-state index in [1.54, 1.807) is 0 Å². The molecule has 0 aliphatic carbocycles. The molecular formula is C40H27N3OPtS. The molecule has 6 heteroatoms. The van der Waals surface area contributed by atoms with Crippen LogP contribution in [0.4, 0.5) is 0 Å². The van der Waals surface area contributed by atoms with Crippen LogP contribution in [0.5, 0.6) is 11.5 Å². The maximum absolute atomic E-state index is 6.42. The van der Waals surface area contributed by atoms with Gasteiger partial charge in [-0.2, -0.15) is 0 Å². The number of nitrogens with zero attached hydrogens (tertiary/aromatic N) is 3. The number of benzene rings is 5. The Hall–Kier alpha value is -4.57. The molecule has 0 N–H and O–H groups in total. The number of fused-ring (bicyclic) bond motifs is 11. The summed E-state index contributed by atoms with van der Waals surface area (Å²) in [7, 11) is 0. The number of hydrogen-bond donors (Lipinski definition) is 0. The van der Waals surface area contributed by atoms with E-state index in [2.05, 4.69) is 115 Å². The normalized spacial score (nSPS) is 12.1. The van der Waals surface area contributed by atoms with Gasteiger partial charge in [-0.3, -0.25) is 4.98 Å². The first kappa shape index (κ1) is 28.9. The summed E-state index contributed by atoms with van der Waals surface area (Å²) in [4.78, 5) is 9.74. The summed E-state index contributed by atoms with van der Waals surface area (Å²) in [5, 5.41) is 5.74. The molecule has 5 aromatic carbocycles. The van der Waals surface area contributed by atoms with Crippen LogP contribution in [0.25, 0.3) is 69.8 Å². The molecule has 0 spiro atoms. The molecule has 0 aliphatic heterocycles. The summed E-state index contributed by atoms with van der Waals surface area (Å²) in [5.74, 6) is 1.23. The van der Waals surface area contributed by atoms with E-state index in [1.165, 1.54) is 31.1 Å². The number of aromatic nitrogens is 3. The summed E-state index contributed by atoms with van der Waals surface area (Å²) in [6.07, 6.45) is 1.87. The molecule has 4 aromatic heterocycles. The number of rotatable bonds is 3. The molecule has 0 amide bonds. The van der Waals surface area contributed by atoms with Gasteiger partial charge >= 0.3 is 21.1 Å². The zero-order valence-electron chi connectivity index (χ0n) is 25.4. The topological polar surface area (TPSA) is 39.4 Å². The minimum atomic E-state index is 0. The quantitative estimate of drug-likeness (QED) is 0.132. The number of thiophene rings is 1. The van der Waals surface area contributed by atoms with Gasteiger partial charge < -0.3 is 14.1 Å². The number of pyridine rings is 2. The van der Waals surface area contributed by atoms with E-state index in [9.17, 15) is 0 Å². The second-order valence-electron chi connectivity index (χ2n) is 12.5. The minimum absolute atomic E-state index is 0. The molecule has 9 rings (SSSR count). The molecule has 0 unspecified atom stereocenters. The van der Waals surface area contributed by atoms with Gasteiger partial charge in [0.15, 0.2) is 0 Å². The van der Waals surface area contributed by atoms with Gasteiger partial charge in [0.25, 0.3) is 0 Å². The minimum Gasteiger partial charge on any atom is -0.497 e. The number of para-hydroxylation sites is 2. The Morgan fingerprint density at radius 3 is 2.41 bits per heavy atom. The maximum atomic E-state index is 6.42. The first-order chi connectivity index (χ1) is 21.9.